The average Bonchev–Trinajstić information content (AvgIpc) is 3.08. The first-order chi connectivity index (χ1) is 10.1. The Kier molecular flexibility index (Phi) is 3.85. The molecule has 0 aromatic heterocycles. The molecular weight excluding hydrogens is 262 g/mol. The second-order valence-corrected chi connectivity index (χ2v) is 6.28. The van der Waals surface area contributed by atoms with Crippen LogP contribution in [0, 0.1) is 17.8 Å². The zero-order chi connectivity index (χ0) is 15.0. The van der Waals surface area contributed by atoms with Gasteiger partial charge in [-0.2, -0.15) is 0 Å². The van der Waals surface area contributed by atoms with Gasteiger partial charge in [-0.05, 0) is 55.6 Å². The number of hydrogen-bond acceptors (Lipinski definition) is 3. The molecule has 112 valence electrons. The lowest BCUT2D eigenvalue weighted by Crippen LogP contribution is -2.31. The standard InChI is InChI=1S/C18H23NO2/c1-3-11-7-14-9-13(11)10-15(14)8-12-5-4-6-16(17(12)19)18(20)21-2/h3-6,8,13-15,17H,7,9-10,19H2,1-2H3/b11-3-,12-8+. The molecule has 2 N–H and O–H groups in total. The summed E-state index contributed by atoms with van der Waals surface area (Å²) in [5, 5.41) is 0. The van der Waals surface area contributed by atoms with Gasteiger partial charge in [0.25, 0.3) is 0 Å². The van der Waals surface area contributed by atoms with Gasteiger partial charge in [0.05, 0.1) is 18.7 Å². The Bertz CT molecular complexity index is 568. The van der Waals surface area contributed by atoms with Gasteiger partial charge < -0.3 is 10.5 Å². The lowest BCUT2D eigenvalue weighted by molar-refractivity contribution is -0.136. The zero-order valence-corrected chi connectivity index (χ0v) is 12.7. The molecule has 2 fully saturated rings. The third-order valence-electron chi connectivity index (χ3n) is 5.23. The molecule has 21 heavy (non-hydrogen) atoms. The average molecular weight is 285 g/mol. The highest BCUT2D eigenvalue weighted by Gasteiger charge is 2.41. The van der Waals surface area contributed by atoms with Gasteiger partial charge in [0.2, 0.25) is 0 Å². The van der Waals surface area contributed by atoms with Gasteiger partial charge in [-0.15, -0.1) is 0 Å². The van der Waals surface area contributed by atoms with E-state index >= 15 is 0 Å². The van der Waals surface area contributed by atoms with E-state index in [1.807, 2.05) is 12.2 Å². The van der Waals surface area contributed by atoms with Crippen LogP contribution in [0.15, 0.2) is 47.1 Å². The Morgan fingerprint density at radius 2 is 2.24 bits per heavy atom. The quantitative estimate of drug-likeness (QED) is 0.627. The maximum absolute atomic E-state index is 11.7. The van der Waals surface area contributed by atoms with Crippen LogP contribution in [0.3, 0.4) is 0 Å². The molecule has 2 bridgehead atoms. The van der Waals surface area contributed by atoms with E-state index in [9.17, 15) is 4.79 Å². The minimum Gasteiger partial charge on any atom is -0.466 e. The Hall–Kier alpha value is -1.61. The van der Waals surface area contributed by atoms with Gasteiger partial charge in [-0.25, -0.2) is 4.79 Å². The largest absolute Gasteiger partial charge is 0.466 e. The fourth-order valence-corrected chi connectivity index (χ4v) is 4.09. The van der Waals surface area contributed by atoms with Crippen LogP contribution in [0.4, 0.5) is 0 Å². The second-order valence-electron chi connectivity index (χ2n) is 6.28. The molecule has 3 rings (SSSR count). The van der Waals surface area contributed by atoms with Gasteiger partial charge in [0.1, 0.15) is 0 Å². The number of carbonyl (C=O) groups is 1. The summed E-state index contributed by atoms with van der Waals surface area (Å²) in [5.74, 6) is 1.78. The second kappa shape index (κ2) is 5.64. The third kappa shape index (κ3) is 2.51. The number of allylic oxidation sites excluding steroid dienone is 5. The molecule has 0 spiro atoms. The molecule has 0 radical (unpaired) electrons. The molecule has 2 saturated carbocycles. The van der Waals surface area contributed by atoms with Crippen LogP contribution >= 0.6 is 0 Å². The summed E-state index contributed by atoms with van der Waals surface area (Å²) in [4.78, 5) is 11.7. The van der Waals surface area contributed by atoms with E-state index in [4.69, 9.17) is 10.5 Å². The van der Waals surface area contributed by atoms with Crippen LogP contribution < -0.4 is 5.73 Å². The highest BCUT2D eigenvalue weighted by Crippen LogP contribution is 2.52. The number of esters is 1. The maximum atomic E-state index is 11.7. The normalized spacial score (nSPS) is 38.1. The molecular formula is C18H23NO2. The minimum atomic E-state index is -0.359. The smallest absolute Gasteiger partial charge is 0.335 e. The van der Waals surface area contributed by atoms with E-state index < -0.39 is 0 Å². The van der Waals surface area contributed by atoms with E-state index in [1.165, 1.54) is 26.4 Å². The van der Waals surface area contributed by atoms with Gasteiger partial charge in [-0.3, -0.25) is 0 Å². The van der Waals surface area contributed by atoms with Gasteiger partial charge in [0.15, 0.2) is 0 Å². The molecule has 3 heteroatoms. The maximum Gasteiger partial charge on any atom is 0.335 e. The van der Waals surface area contributed by atoms with Crippen LogP contribution in [0.5, 0.6) is 0 Å². The molecule has 0 heterocycles. The molecule has 4 unspecified atom stereocenters. The summed E-state index contributed by atoms with van der Waals surface area (Å²) >= 11 is 0. The fraction of sp³-hybridized carbons (Fsp3) is 0.500. The van der Waals surface area contributed by atoms with Crippen molar-refractivity contribution in [3.05, 3.63) is 47.1 Å². The summed E-state index contributed by atoms with van der Waals surface area (Å²) in [6.07, 6.45) is 14.0. The van der Waals surface area contributed by atoms with E-state index in [2.05, 4.69) is 19.1 Å². The van der Waals surface area contributed by atoms with Crippen LogP contribution in [0.1, 0.15) is 26.2 Å². The highest BCUT2D eigenvalue weighted by molar-refractivity contribution is 5.91. The lowest BCUT2D eigenvalue weighted by Gasteiger charge is -2.24. The SMILES string of the molecule is C/C=C1/CC2CC1CC2/C=C1\C=CC=C(C(=O)OC)C1N. The number of ether oxygens (including phenoxy) is 1. The van der Waals surface area contributed by atoms with Crippen molar-refractivity contribution in [1.82, 2.24) is 0 Å². The topological polar surface area (TPSA) is 52.3 Å². The van der Waals surface area contributed by atoms with E-state index in [0.29, 0.717) is 11.5 Å². The van der Waals surface area contributed by atoms with E-state index in [1.54, 1.807) is 11.6 Å². The molecule has 4 atom stereocenters. The Labute approximate surface area is 126 Å². The first kappa shape index (κ1) is 14.3. The van der Waals surface area contributed by atoms with Crippen LogP contribution in [0.2, 0.25) is 0 Å². The summed E-state index contributed by atoms with van der Waals surface area (Å²) in [5.41, 5.74) is 9.46. The number of carbonyl (C=O) groups excluding carboxylic acids is 1. The Morgan fingerprint density at radius 1 is 1.43 bits per heavy atom. The molecule has 3 nitrogen and oxygen atoms in total. The summed E-state index contributed by atoms with van der Waals surface area (Å²) in [6, 6.07) is -0.359. The third-order valence-corrected chi connectivity index (χ3v) is 5.23. The lowest BCUT2D eigenvalue weighted by atomic mass is 9.82. The number of methoxy groups -OCH3 is 1. The fourth-order valence-electron chi connectivity index (χ4n) is 4.09. The van der Waals surface area contributed by atoms with E-state index in [0.717, 1.165) is 17.4 Å². The summed E-state index contributed by atoms with van der Waals surface area (Å²) in [6.45, 7) is 2.15. The predicted octanol–water partition coefficient (Wildman–Crippen LogP) is 2.90. The number of rotatable bonds is 2. The number of fused-ring (bicyclic) bond motifs is 2. The van der Waals surface area contributed by atoms with Crippen LogP contribution in [0.25, 0.3) is 0 Å². The van der Waals surface area contributed by atoms with Gasteiger partial charge in [-0.1, -0.05) is 29.9 Å². The Morgan fingerprint density at radius 3 is 2.86 bits per heavy atom. The molecule has 0 saturated heterocycles. The molecule has 0 aromatic rings. The summed E-state index contributed by atoms with van der Waals surface area (Å²) in [7, 11) is 1.39. The predicted molar refractivity (Wildman–Crippen MR) is 83.4 cm³/mol. The summed E-state index contributed by atoms with van der Waals surface area (Å²) < 4.78 is 4.80. The van der Waals surface area contributed by atoms with Crippen molar-refractivity contribution in [2.24, 2.45) is 23.5 Å². The van der Waals surface area contributed by atoms with Gasteiger partial charge >= 0.3 is 5.97 Å². The van der Waals surface area contributed by atoms with Gasteiger partial charge in [0, 0.05) is 0 Å². The van der Waals surface area contributed by atoms with Crippen LogP contribution in [-0.4, -0.2) is 19.1 Å². The molecule has 0 aliphatic heterocycles. The monoisotopic (exact) mass is 285 g/mol. The molecule has 3 aliphatic rings. The van der Waals surface area contributed by atoms with E-state index in [-0.39, 0.29) is 12.0 Å². The van der Waals surface area contributed by atoms with Crippen molar-refractivity contribution in [2.75, 3.05) is 7.11 Å². The van der Waals surface area contributed by atoms with Crippen molar-refractivity contribution in [3.63, 3.8) is 0 Å². The molecule has 0 amide bonds. The molecule has 3 aliphatic carbocycles. The number of nitrogens with two attached hydrogens (primary N) is 1. The first-order valence-electron chi connectivity index (χ1n) is 7.73. The zero-order valence-electron chi connectivity index (χ0n) is 12.7. The van der Waals surface area contributed by atoms with Crippen molar-refractivity contribution < 1.29 is 9.53 Å². The first-order valence-corrected chi connectivity index (χ1v) is 7.73. The highest BCUT2D eigenvalue weighted by atomic mass is 16.5. The Balaban J connectivity index is 1.76. The van der Waals surface area contributed by atoms with Crippen molar-refractivity contribution >= 4 is 5.97 Å². The van der Waals surface area contributed by atoms with Crippen LogP contribution in [-0.2, 0) is 9.53 Å². The van der Waals surface area contributed by atoms with Crippen molar-refractivity contribution in [2.45, 2.75) is 32.2 Å². The molecule has 0 aromatic carbocycles. The van der Waals surface area contributed by atoms with Crippen molar-refractivity contribution in [3.8, 4) is 0 Å². The number of hydrogen-bond donors (Lipinski definition) is 1. The van der Waals surface area contributed by atoms with Crippen molar-refractivity contribution in [1.29, 1.82) is 0 Å². The minimum absolute atomic E-state index is 0.332.